The number of aliphatic hydroxyl groups excluding tert-OH is 1. The summed E-state index contributed by atoms with van der Waals surface area (Å²) in [5.74, 6) is 0. The Balaban J connectivity index is 2.02. The summed E-state index contributed by atoms with van der Waals surface area (Å²) < 4.78 is 1.55. The lowest BCUT2D eigenvalue weighted by Crippen LogP contribution is -2.27. The molecule has 1 N–H and O–H groups in total. The van der Waals surface area contributed by atoms with E-state index in [0.717, 1.165) is 19.3 Å². The van der Waals surface area contributed by atoms with Crippen LogP contribution in [0.15, 0.2) is 30.7 Å². The zero-order valence-corrected chi connectivity index (χ0v) is 11.4. The summed E-state index contributed by atoms with van der Waals surface area (Å²) in [6, 6.07) is 3.20. The molecule has 0 amide bonds. The largest absolute Gasteiger partial charge is 0.391 e. The Morgan fingerprint density at radius 1 is 1.29 bits per heavy atom. The summed E-state index contributed by atoms with van der Waals surface area (Å²) in [7, 11) is 0. The molecule has 2 heterocycles. The van der Waals surface area contributed by atoms with Crippen LogP contribution in [0.3, 0.4) is 0 Å². The Kier molecular flexibility index (Phi) is 3.66. The van der Waals surface area contributed by atoms with Gasteiger partial charge in [-0.1, -0.05) is 12.8 Å². The van der Waals surface area contributed by atoms with Gasteiger partial charge in [0.25, 0.3) is 0 Å². The normalized spacial score (nSPS) is 22.1. The van der Waals surface area contributed by atoms with Crippen LogP contribution in [0.4, 0.5) is 5.69 Å². The van der Waals surface area contributed by atoms with Crippen LogP contribution in [0.1, 0.15) is 31.7 Å². The first-order valence-electron chi connectivity index (χ1n) is 6.99. The van der Waals surface area contributed by atoms with Gasteiger partial charge in [0.1, 0.15) is 6.20 Å². The molecule has 1 aliphatic carbocycles. The van der Waals surface area contributed by atoms with Crippen molar-refractivity contribution in [3.8, 4) is 11.3 Å². The molecule has 0 spiro atoms. The van der Waals surface area contributed by atoms with Crippen LogP contribution in [0.2, 0.25) is 0 Å². The van der Waals surface area contributed by atoms with Gasteiger partial charge in [0.15, 0.2) is 5.69 Å². The van der Waals surface area contributed by atoms with Gasteiger partial charge < -0.3 is 5.11 Å². The number of aromatic nitrogens is 3. The van der Waals surface area contributed by atoms with Crippen LogP contribution in [-0.4, -0.2) is 30.9 Å². The van der Waals surface area contributed by atoms with Crippen molar-refractivity contribution in [1.82, 2.24) is 14.8 Å². The molecule has 1 saturated carbocycles. The molecule has 0 unspecified atom stereocenters. The summed E-state index contributed by atoms with van der Waals surface area (Å²) >= 11 is 0. The fourth-order valence-corrected chi connectivity index (χ4v) is 2.80. The first kappa shape index (κ1) is 13.7. The minimum atomic E-state index is -0.497. The fraction of sp³-hybridized carbons (Fsp3) is 0.429. The van der Waals surface area contributed by atoms with Gasteiger partial charge in [-0.15, -0.1) is 0 Å². The molecule has 2 aromatic heterocycles. The molecule has 0 saturated heterocycles. The SMILES string of the molecule is O=[N+]([O-])c1cn([C@H]2CCCC[C@H]2O)nc1-c1ccncc1. The molecular formula is C14H16N4O3. The van der Waals surface area contributed by atoms with E-state index in [1.807, 2.05) is 0 Å². The molecule has 2 atom stereocenters. The lowest BCUT2D eigenvalue weighted by atomic mass is 9.93. The minimum Gasteiger partial charge on any atom is -0.391 e. The van der Waals surface area contributed by atoms with Crippen molar-refractivity contribution in [2.75, 3.05) is 0 Å². The molecule has 0 aromatic carbocycles. The summed E-state index contributed by atoms with van der Waals surface area (Å²) in [5, 5.41) is 25.7. The molecule has 7 nitrogen and oxygen atoms in total. The highest BCUT2D eigenvalue weighted by Gasteiger charge is 2.29. The van der Waals surface area contributed by atoms with Crippen LogP contribution >= 0.6 is 0 Å². The van der Waals surface area contributed by atoms with Crippen molar-refractivity contribution in [1.29, 1.82) is 0 Å². The predicted octanol–water partition coefficient (Wildman–Crippen LogP) is 2.33. The second-order valence-corrected chi connectivity index (χ2v) is 5.26. The van der Waals surface area contributed by atoms with Crippen molar-refractivity contribution in [2.45, 2.75) is 37.8 Å². The van der Waals surface area contributed by atoms with Crippen molar-refractivity contribution in [3.63, 3.8) is 0 Å². The molecule has 21 heavy (non-hydrogen) atoms. The first-order chi connectivity index (χ1) is 10.2. The quantitative estimate of drug-likeness (QED) is 0.691. The number of rotatable bonds is 3. The van der Waals surface area contributed by atoms with E-state index in [-0.39, 0.29) is 11.7 Å². The third kappa shape index (κ3) is 2.64. The average Bonchev–Trinajstić information content (AvgIpc) is 2.94. The monoisotopic (exact) mass is 288 g/mol. The standard InChI is InChI=1S/C14H16N4O3/c19-13-4-2-1-3-11(13)17-9-12(18(20)21)14(16-17)10-5-7-15-8-6-10/h5-9,11,13,19H,1-4H2/t11-,13+/m0/s1. The van der Waals surface area contributed by atoms with E-state index in [1.54, 1.807) is 29.2 Å². The first-order valence-corrected chi connectivity index (χ1v) is 6.99. The van der Waals surface area contributed by atoms with Gasteiger partial charge in [-0.3, -0.25) is 19.8 Å². The molecule has 3 rings (SSSR count). The Labute approximate surface area is 121 Å². The highest BCUT2D eigenvalue weighted by Crippen LogP contribution is 2.33. The number of nitrogens with zero attached hydrogens (tertiary/aromatic N) is 4. The van der Waals surface area contributed by atoms with Crippen LogP contribution < -0.4 is 0 Å². The van der Waals surface area contributed by atoms with Gasteiger partial charge in [0.05, 0.1) is 17.1 Å². The van der Waals surface area contributed by atoms with E-state index in [0.29, 0.717) is 17.7 Å². The van der Waals surface area contributed by atoms with Gasteiger partial charge in [-0.05, 0) is 25.0 Å². The highest BCUT2D eigenvalue weighted by atomic mass is 16.6. The van der Waals surface area contributed by atoms with Crippen LogP contribution in [0.25, 0.3) is 11.3 Å². The van der Waals surface area contributed by atoms with Crippen molar-refractivity contribution >= 4 is 5.69 Å². The number of aliphatic hydroxyl groups is 1. The fourth-order valence-electron chi connectivity index (χ4n) is 2.80. The summed E-state index contributed by atoms with van der Waals surface area (Å²) in [6.07, 6.45) is 7.57. The van der Waals surface area contributed by atoms with Crippen molar-refractivity contribution in [2.24, 2.45) is 0 Å². The third-order valence-corrected chi connectivity index (χ3v) is 3.90. The highest BCUT2D eigenvalue weighted by molar-refractivity contribution is 5.68. The Morgan fingerprint density at radius 2 is 2.00 bits per heavy atom. The molecule has 1 aliphatic rings. The average molecular weight is 288 g/mol. The van der Waals surface area contributed by atoms with E-state index in [2.05, 4.69) is 10.1 Å². The second-order valence-electron chi connectivity index (χ2n) is 5.26. The number of nitro groups is 1. The zero-order valence-electron chi connectivity index (χ0n) is 11.4. The predicted molar refractivity (Wildman–Crippen MR) is 75.6 cm³/mol. The second kappa shape index (κ2) is 5.61. The van der Waals surface area contributed by atoms with Crippen molar-refractivity contribution < 1.29 is 10.0 Å². The Morgan fingerprint density at radius 3 is 2.67 bits per heavy atom. The lowest BCUT2D eigenvalue weighted by molar-refractivity contribution is -0.384. The molecule has 1 fully saturated rings. The van der Waals surface area contributed by atoms with E-state index in [4.69, 9.17) is 0 Å². The van der Waals surface area contributed by atoms with Crippen LogP contribution in [0.5, 0.6) is 0 Å². The molecule has 0 aliphatic heterocycles. The van der Waals surface area contributed by atoms with Gasteiger partial charge in [0.2, 0.25) is 0 Å². The van der Waals surface area contributed by atoms with Gasteiger partial charge in [0, 0.05) is 18.0 Å². The zero-order chi connectivity index (χ0) is 14.8. The molecule has 7 heteroatoms. The van der Waals surface area contributed by atoms with E-state index in [9.17, 15) is 15.2 Å². The maximum atomic E-state index is 11.2. The summed E-state index contributed by atoms with van der Waals surface area (Å²) in [4.78, 5) is 14.7. The van der Waals surface area contributed by atoms with E-state index < -0.39 is 11.0 Å². The number of hydrogen-bond donors (Lipinski definition) is 1. The maximum Gasteiger partial charge on any atom is 0.314 e. The third-order valence-electron chi connectivity index (χ3n) is 3.90. The van der Waals surface area contributed by atoms with Crippen LogP contribution in [-0.2, 0) is 0 Å². The molecule has 110 valence electrons. The van der Waals surface area contributed by atoms with Crippen molar-refractivity contribution in [3.05, 3.63) is 40.8 Å². The minimum absolute atomic E-state index is 0.0426. The molecule has 2 aromatic rings. The van der Waals surface area contributed by atoms with Gasteiger partial charge in [-0.2, -0.15) is 5.10 Å². The molecule has 0 bridgehead atoms. The summed E-state index contributed by atoms with van der Waals surface area (Å²) in [5.41, 5.74) is 0.930. The molecule has 0 radical (unpaired) electrons. The Hall–Kier alpha value is -2.28. The number of hydrogen-bond acceptors (Lipinski definition) is 5. The summed E-state index contributed by atoms with van der Waals surface area (Å²) in [6.45, 7) is 0. The topological polar surface area (TPSA) is 94.1 Å². The smallest absolute Gasteiger partial charge is 0.314 e. The lowest BCUT2D eigenvalue weighted by Gasteiger charge is -2.27. The maximum absolute atomic E-state index is 11.2. The van der Waals surface area contributed by atoms with E-state index >= 15 is 0 Å². The van der Waals surface area contributed by atoms with Gasteiger partial charge in [-0.25, -0.2) is 0 Å². The Bertz CT molecular complexity index is 641. The van der Waals surface area contributed by atoms with Gasteiger partial charge >= 0.3 is 5.69 Å². The number of pyridine rings is 1. The molecular weight excluding hydrogens is 272 g/mol. The van der Waals surface area contributed by atoms with E-state index in [1.165, 1.54) is 6.20 Å². The van der Waals surface area contributed by atoms with Crippen LogP contribution in [0, 0.1) is 10.1 Å².